The minimum absolute atomic E-state index is 0.146. The molecule has 3 heteroatoms. The van der Waals surface area contributed by atoms with E-state index in [1.54, 1.807) is 0 Å². The lowest BCUT2D eigenvalue weighted by Gasteiger charge is -2.13. The number of amides is 1. The maximum absolute atomic E-state index is 11.0. The van der Waals surface area contributed by atoms with Gasteiger partial charge in [-0.2, -0.15) is 0 Å². The zero-order valence-electron chi connectivity index (χ0n) is 6.92. The van der Waals surface area contributed by atoms with Gasteiger partial charge in [-0.05, 0) is 5.92 Å². The number of hydrogen-bond acceptors (Lipinski definition) is 2. The van der Waals surface area contributed by atoms with Crippen molar-refractivity contribution in [1.29, 1.82) is 0 Å². The van der Waals surface area contributed by atoms with Gasteiger partial charge in [0.2, 0.25) is 5.91 Å². The van der Waals surface area contributed by atoms with Gasteiger partial charge in [-0.15, -0.1) is 6.42 Å². The molecule has 0 aromatic rings. The van der Waals surface area contributed by atoms with E-state index in [0.29, 0.717) is 0 Å². The highest BCUT2D eigenvalue weighted by molar-refractivity contribution is 5.81. The Hall–Kier alpha value is -1.01. The predicted molar refractivity (Wildman–Crippen MR) is 44.7 cm³/mol. The van der Waals surface area contributed by atoms with Crippen molar-refractivity contribution in [2.75, 3.05) is 6.54 Å². The molecule has 62 valence electrons. The summed E-state index contributed by atoms with van der Waals surface area (Å²) in [5.74, 6) is 2.27. The van der Waals surface area contributed by atoms with E-state index >= 15 is 0 Å². The Bertz CT molecular complexity index is 169. The Labute approximate surface area is 67.3 Å². The van der Waals surface area contributed by atoms with E-state index in [9.17, 15) is 4.79 Å². The Balaban J connectivity index is 3.76. The molecule has 1 amide bonds. The lowest BCUT2D eigenvalue weighted by Crippen LogP contribution is -2.43. The average molecular weight is 154 g/mol. The number of carbonyl (C=O) groups is 1. The van der Waals surface area contributed by atoms with Gasteiger partial charge in [-0.3, -0.25) is 4.79 Å². The van der Waals surface area contributed by atoms with Crippen LogP contribution in [-0.2, 0) is 4.79 Å². The van der Waals surface area contributed by atoms with Crippen LogP contribution in [0.5, 0.6) is 0 Å². The Morgan fingerprint density at radius 1 is 1.73 bits per heavy atom. The molecule has 0 unspecified atom stereocenters. The van der Waals surface area contributed by atoms with Crippen molar-refractivity contribution in [3.63, 3.8) is 0 Å². The fourth-order valence-corrected chi connectivity index (χ4v) is 0.559. The van der Waals surface area contributed by atoms with E-state index in [4.69, 9.17) is 12.2 Å². The minimum atomic E-state index is -0.455. The van der Waals surface area contributed by atoms with Gasteiger partial charge in [0.05, 0.1) is 12.6 Å². The number of nitrogens with one attached hydrogen (secondary N) is 1. The monoisotopic (exact) mass is 154 g/mol. The zero-order chi connectivity index (χ0) is 8.85. The molecule has 11 heavy (non-hydrogen) atoms. The van der Waals surface area contributed by atoms with Crippen molar-refractivity contribution < 1.29 is 4.79 Å². The van der Waals surface area contributed by atoms with Crippen LogP contribution in [-0.4, -0.2) is 18.5 Å². The fourth-order valence-electron chi connectivity index (χ4n) is 0.559. The summed E-state index contributed by atoms with van der Waals surface area (Å²) in [6.45, 7) is 4.03. The molecule has 0 heterocycles. The van der Waals surface area contributed by atoms with Gasteiger partial charge in [-0.25, -0.2) is 0 Å². The van der Waals surface area contributed by atoms with E-state index in [0.717, 1.165) is 0 Å². The summed E-state index contributed by atoms with van der Waals surface area (Å²) in [5.41, 5.74) is 5.52. The van der Waals surface area contributed by atoms with Crippen LogP contribution in [0.2, 0.25) is 0 Å². The highest BCUT2D eigenvalue weighted by Crippen LogP contribution is 1.96. The van der Waals surface area contributed by atoms with Crippen molar-refractivity contribution in [3.8, 4) is 12.3 Å². The molecule has 3 N–H and O–H groups in total. The van der Waals surface area contributed by atoms with Crippen LogP contribution in [0, 0.1) is 18.3 Å². The maximum Gasteiger partial charge on any atom is 0.237 e. The average Bonchev–Trinajstić information content (AvgIpc) is 1.98. The standard InChI is InChI=1S/C8H14N2O/c1-4-5-10-8(11)7(9)6(2)3/h1,6-7H,5,9H2,2-3H3,(H,10,11)/t7-/m1/s1. The Morgan fingerprint density at radius 3 is 2.64 bits per heavy atom. The molecule has 0 saturated carbocycles. The summed E-state index contributed by atoms with van der Waals surface area (Å²) >= 11 is 0. The van der Waals surface area contributed by atoms with Crippen LogP contribution in [0.1, 0.15) is 13.8 Å². The molecular weight excluding hydrogens is 140 g/mol. The molecule has 3 nitrogen and oxygen atoms in total. The zero-order valence-corrected chi connectivity index (χ0v) is 6.92. The normalized spacial score (nSPS) is 12.3. The molecule has 0 aliphatic heterocycles. The lowest BCUT2D eigenvalue weighted by atomic mass is 10.1. The van der Waals surface area contributed by atoms with E-state index in [2.05, 4.69) is 11.2 Å². The van der Waals surface area contributed by atoms with Gasteiger partial charge in [-0.1, -0.05) is 19.8 Å². The highest BCUT2D eigenvalue weighted by atomic mass is 16.2. The number of terminal acetylenes is 1. The smallest absolute Gasteiger partial charge is 0.237 e. The first-order valence-corrected chi connectivity index (χ1v) is 3.56. The van der Waals surface area contributed by atoms with Crippen LogP contribution in [0.3, 0.4) is 0 Å². The topological polar surface area (TPSA) is 55.1 Å². The first kappa shape index (κ1) is 9.99. The number of nitrogens with two attached hydrogens (primary N) is 1. The third-order valence-corrected chi connectivity index (χ3v) is 1.39. The Kier molecular flexibility index (Phi) is 4.32. The van der Waals surface area contributed by atoms with Gasteiger partial charge < -0.3 is 11.1 Å². The third kappa shape index (κ3) is 3.64. The first-order chi connectivity index (χ1) is 5.09. The number of hydrogen-bond donors (Lipinski definition) is 2. The number of rotatable bonds is 3. The van der Waals surface area contributed by atoms with Crippen molar-refractivity contribution >= 4 is 5.91 Å². The molecular formula is C8H14N2O. The van der Waals surface area contributed by atoms with Crippen LogP contribution in [0.15, 0.2) is 0 Å². The SMILES string of the molecule is C#CCNC(=O)[C@H](N)C(C)C. The molecule has 0 aromatic heterocycles. The van der Waals surface area contributed by atoms with E-state index in [1.165, 1.54) is 0 Å². The van der Waals surface area contributed by atoms with Gasteiger partial charge in [0.25, 0.3) is 0 Å². The summed E-state index contributed by atoms with van der Waals surface area (Å²) < 4.78 is 0. The number of carbonyl (C=O) groups excluding carboxylic acids is 1. The summed E-state index contributed by atoms with van der Waals surface area (Å²) in [5, 5.41) is 2.51. The minimum Gasteiger partial charge on any atom is -0.344 e. The Morgan fingerprint density at radius 2 is 2.27 bits per heavy atom. The third-order valence-electron chi connectivity index (χ3n) is 1.39. The largest absolute Gasteiger partial charge is 0.344 e. The fraction of sp³-hybridized carbons (Fsp3) is 0.625. The van der Waals surface area contributed by atoms with Gasteiger partial charge in [0.15, 0.2) is 0 Å². The molecule has 0 aliphatic rings. The van der Waals surface area contributed by atoms with Crippen LogP contribution in [0.25, 0.3) is 0 Å². The summed E-state index contributed by atoms with van der Waals surface area (Å²) in [6.07, 6.45) is 4.95. The molecule has 0 aromatic carbocycles. The van der Waals surface area contributed by atoms with Crippen LogP contribution >= 0.6 is 0 Å². The maximum atomic E-state index is 11.0. The van der Waals surface area contributed by atoms with Gasteiger partial charge in [0.1, 0.15) is 0 Å². The first-order valence-electron chi connectivity index (χ1n) is 3.56. The molecule has 0 saturated heterocycles. The van der Waals surface area contributed by atoms with E-state index < -0.39 is 6.04 Å². The summed E-state index contributed by atoms with van der Waals surface area (Å²) in [6, 6.07) is -0.455. The van der Waals surface area contributed by atoms with Gasteiger partial charge >= 0.3 is 0 Å². The second kappa shape index (κ2) is 4.75. The van der Waals surface area contributed by atoms with Crippen molar-refractivity contribution in [2.24, 2.45) is 11.7 Å². The lowest BCUT2D eigenvalue weighted by molar-refractivity contribution is -0.122. The van der Waals surface area contributed by atoms with Crippen LogP contribution in [0.4, 0.5) is 0 Å². The molecule has 0 bridgehead atoms. The molecule has 0 aliphatic carbocycles. The van der Waals surface area contributed by atoms with E-state index in [1.807, 2.05) is 13.8 Å². The summed E-state index contributed by atoms with van der Waals surface area (Å²) in [7, 11) is 0. The van der Waals surface area contributed by atoms with Crippen molar-refractivity contribution in [3.05, 3.63) is 0 Å². The highest BCUT2D eigenvalue weighted by Gasteiger charge is 2.15. The summed E-state index contributed by atoms with van der Waals surface area (Å²) in [4.78, 5) is 11.0. The van der Waals surface area contributed by atoms with Crippen molar-refractivity contribution in [2.45, 2.75) is 19.9 Å². The molecule has 0 radical (unpaired) electrons. The molecule has 0 rings (SSSR count). The van der Waals surface area contributed by atoms with Gasteiger partial charge in [0, 0.05) is 0 Å². The molecule has 0 spiro atoms. The van der Waals surface area contributed by atoms with Crippen molar-refractivity contribution in [1.82, 2.24) is 5.32 Å². The van der Waals surface area contributed by atoms with E-state index in [-0.39, 0.29) is 18.4 Å². The molecule has 0 fully saturated rings. The quantitative estimate of drug-likeness (QED) is 0.549. The molecule has 1 atom stereocenters. The second-order valence-electron chi connectivity index (χ2n) is 2.69. The second-order valence-corrected chi connectivity index (χ2v) is 2.69. The predicted octanol–water partition coefficient (Wildman–Crippen LogP) is -0.281. The van der Waals surface area contributed by atoms with Crippen LogP contribution < -0.4 is 11.1 Å².